The van der Waals surface area contributed by atoms with Crippen molar-refractivity contribution in [1.29, 1.82) is 0 Å². The number of oxazole rings is 1. The van der Waals surface area contributed by atoms with E-state index in [0.29, 0.717) is 11.5 Å². The third kappa shape index (κ3) is 4.20. The van der Waals surface area contributed by atoms with E-state index in [2.05, 4.69) is 4.98 Å². The van der Waals surface area contributed by atoms with Gasteiger partial charge in [0.25, 0.3) is 5.91 Å². The average molecular weight is 420 g/mol. The molecule has 31 heavy (non-hydrogen) atoms. The third-order valence-electron chi connectivity index (χ3n) is 6.37. The van der Waals surface area contributed by atoms with Crippen molar-refractivity contribution < 1.29 is 14.0 Å². The van der Waals surface area contributed by atoms with Crippen molar-refractivity contribution in [3.8, 4) is 11.5 Å². The van der Waals surface area contributed by atoms with E-state index in [1.54, 1.807) is 4.90 Å². The highest BCUT2D eigenvalue weighted by atomic mass is 16.3. The Labute approximate surface area is 182 Å². The van der Waals surface area contributed by atoms with Crippen molar-refractivity contribution >= 4 is 22.9 Å². The molecule has 1 saturated carbocycles. The molecule has 2 aromatic carbocycles. The lowest BCUT2D eigenvalue weighted by molar-refractivity contribution is -0.135. The Balaban J connectivity index is 1.43. The zero-order valence-corrected chi connectivity index (χ0v) is 18.4. The molecule has 0 aliphatic heterocycles. The number of aromatic nitrogens is 1. The maximum Gasteiger partial charge on any atom is 0.253 e. The highest BCUT2D eigenvalue weighted by Crippen LogP contribution is 2.31. The number of hydrogen-bond donors (Lipinski definition) is 0. The number of carbonyl (C=O) groups excluding carboxylic acids is 2. The predicted octanol–water partition coefficient (Wildman–Crippen LogP) is 4.60. The number of amides is 2. The summed E-state index contributed by atoms with van der Waals surface area (Å²) >= 11 is 0. The Morgan fingerprint density at radius 3 is 2.42 bits per heavy atom. The zero-order chi connectivity index (χ0) is 22.0. The standard InChI is InChI=1S/C25H29N3O3/c1-4-28(5-2)25(30)19-14-15-20(16-19)27(3)24(29)18-12-10-17(11-13-18)23-26-21-8-6-7-9-22(21)31-23/h6-13,19-20H,4-5,14-16H2,1-3H3/t19-,20+/m0/s1. The molecule has 0 N–H and O–H groups in total. The molecule has 1 aromatic heterocycles. The van der Waals surface area contributed by atoms with Gasteiger partial charge < -0.3 is 14.2 Å². The second-order valence-corrected chi connectivity index (χ2v) is 8.15. The zero-order valence-electron chi connectivity index (χ0n) is 18.4. The van der Waals surface area contributed by atoms with Crippen LogP contribution >= 0.6 is 0 Å². The van der Waals surface area contributed by atoms with Crippen LogP contribution in [0, 0.1) is 5.92 Å². The van der Waals surface area contributed by atoms with Crippen molar-refractivity contribution in [1.82, 2.24) is 14.8 Å². The monoisotopic (exact) mass is 419 g/mol. The van der Waals surface area contributed by atoms with Crippen LogP contribution < -0.4 is 0 Å². The lowest BCUT2D eigenvalue weighted by atomic mass is 10.1. The number of carbonyl (C=O) groups is 2. The summed E-state index contributed by atoms with van der Waals surface area (Å²) in [5.41, 5.74) is 3.02. The Morgan fingerprint density at radius 2 is 1.74 bits per heavy atom. The molecule has 4 rings (SSSR count). The summed E-state index contributed by atoms with van der Waals surface area (Å²) in [5.74, 6) is 0.755. The summed E-state index contributed by atoms with van der Waals surface area (Å²) in [7, 11) is 1.84. The van der Waals surface area contributed by atoms with E-state index in [0.717, 1.165) is 49.0 Å². The van der Waals surface area contributed by atoms with Gasteiger partial charge in [0.05, 0.1) is 0 Å². The van der Waals surface area contributed by atoms with E-state index in [-0.39, 0.29) is 23.8 Å². The van der Waals surface area contributed by atoms with Crippen LogP contribution in [0.2, 0.25) is 0 Å². The van der Waals surface area contributed by atoms with Crippen LogP contribution in [-0.2, 0) is 4.79 Å². The molecular formula is C25H29N3O3. The fourth-order valence-electron chi connectivity index (χ4n) is 4.45. The second-order valence-electron chi connectivity index (χ2n) is 8.15. The number of hydrogen-bond acceptors (Lipinski definition) is 4. The predicted molar refractivity (Wildman–Crippen MR) is 121 cm³/mol. The molecular weight excluding hydrogens is 390 g/mol. The average Bonchev–Trinajstić information content (AvgIpc) is 3.46. The molecule has 0 bridgehead atoms. The first kappa shape index (κ1) is 21.1. The normalized spacial score (nSPS) is 18.3. The third-order valence-corrected chi connectivity index (χ3v) is 6.37. The Bertz CT molecular complexity index is 1040. The maximum absolute atomic E-state index is 13.0. The number of nitrogens with zero attached hydrogens (tertiary/aromatic N) is 3. The minimum absolute atomic E-state index is 0.0154. The highest BCUT2D eigenvalue weighted by Gasteiger charge is 2.35. The van der Waals surface area contributed by atoms with Crippen LogP contribution in [-0.4, -0.2) is 52.8 Å². The molecule has 0 radical (unpaired) electrons. The van der Waals surface area contributed by atoms with E-state index >= 15 is 0 Å². The SMILES string of the molecule is CCN(CC)C(=O)[C@H]1CC[C@@H](N(C)C(=O)c2ccc(-c3nc4ccccc4o3)cc2)C1. The van der Waals surface area contributed by atoms with E-state index in [1.807, 2.05) is 74.3 Å². The Morgan fingerprint density at radius 1 is 1.03 bits per heavy atom. The summed E-state index contributed by atoms with van der Waals surface area (Å²) in [6, 6.07) is 15.1. The van der Waals surface area contributed by atoms with Gasteiger partial charge in [-0.3, -0.25) is 9.59 Å². The summed E-state index contributed by atoms with van der Waals surface area (Å²) < 4.78 is 5.81. The molecule has 6 heteroatoms. The molecule has 1 aliphatic carbocycles. The topological polar surface area (TPSA) is 66.7 Å². The van der Waals surface area contributed by atoms with Crippen molar-refractivity contribution in [2.24, 2.45) is 5.92 Å². The minimum Gasteiger partial charge on any atom is -0.436 e. The first-order chi connectivity index (χ1) is 15.0. The molecule has 1 fully saturated rings. The summed E-state index contributed by atoms with van der Waals surface area (Å²) in [4.78, 5) is 33.9. The van der Waals surface area contributed by atoms with E-state index in [4.69, 9.17) is 4.42 Å². The number of fused-ring (bicyclic) bond motifs is 1. The van der Waals surface area contributed by atoms with E-state index in [1.165, 1.54) is 0 Å². The maximum atomic E-state index is 13.0. The second kappa shape index (κ2) is 8.92. The van der Waals surface area contributed by atoms with Gasteiger partial charge in [0.15, 0.2) is 5.58 Å². The van der Waals surface area contributed by atoms with Crippen LogP contribution in [0.15, 0.2) is 52.9 Å². The molecule has 0 spiro atoms. The smallest absolute Gasteiger partial charge is 0.253 e. The van der Waals surface area contributed by atoms with E-state index < -0.39 is 0 Å². The van der Waals surface area contributed by atoms with Crippen molar-refractivity contribution in [3.63, 3.8) is 0 Å². The number of para-hydroxylation sites is 2. The van der Waals surface area contributed by atoms with Gasteiger partial charge in [-0.15, -0.1) is 0 Å². The summed E-state index contributed by atoms with van der Waals surface area (Å²) in [6.45, 7) is 5.48. The molecule has 2 atom stereocenters. The van der Waals surface area contributed by atoms with Gasteiger partial charge in [-0.1, -0.05) is 12.1 Å². The molecule has 162 valence electrons. The minimum atomic E-state index is -0.0231. The first-order valence-corrected chi connectivity index (χ1v) is 11.0. The van der Waals surface area contributed by atoms with Crippen molar-refractivity contribution in [2.75, 3.05) is 20.1 Å². The molecule has 0 saturated heterocycles. The quantitative estimate of drug-likeness (QED) is 0.585. The fraction of sp³-hybridized carbons (Fsp3) is 0.400. The first-order valence-electron chi connectivity index (χ1n) is 11.0. The van der Waals surface area contributed by atoms with Gasteiger partial charge in [0.2, 0.25) is 11.8 Å². The lowest BCUT2D eigenvalue weighted by Crippen LogP contribution is -2.38. The Kier molecular flexibility index (Phi) is 6.07. The van der Waals surface area contributed by atoms with Crippen LogP contribution in [0.5, 0.6) is 0 Å². The summed E-state index contributed by atoms with van der Waals surface area (Å²) in [5, 5.41) is 0. The van der Waals surface area contributed by atoms with Gasteiger partial charge >= 0.3 is 0 Å². The molecule has 1 heterocycles. The lowest BCUT2D eigenvalue weighted by Gasteiger charge is -2.26. The van der Waals surface area contributed by atoms with Crippen LogP contribution in [0.1, 0.15) is 43.5 Å². The molecule has 6 nitrogen and oxygen atoms in total. The Hall–Kier alpha value is -3.15. The largest absolute Gasteiger partial charge is 0.436 e. The number of rotatable bonds is 6. The van der Waals surface area contributed by atoms with Crippen molar-refractivity contribution in [3.05, 3.63) is 54.1 Å². The van der Waals surface area contributed by atoms with Crippen molar-refractivity contribution in [2.45, 2.75) is 39.2 Å². The van der Waals surface area contributed by atoms with Gasteiger partial charge in [-0.25, -0.2) is 4.98 Å². The van der Waals surface area contributed by atoms with Gasteiger partial charge in [0.1, 0.15) is 5.52 Å². The van der Waals surface area contributed by atoms with Gasteiger partial charge in [-0.05, 0) is 69.5 Å². The highest BCUT2D eigenvalue weighted by molar-refractivity contribution is 5.95. The number of benzene rings is 2. The van der Waals surface area contributed by atoms with E-state index in [9.17, 15) is 9.59 Å². The summed E-state index contributed by atoms with van der Waals surface area (Å²) in [6.07, 6.45) is 2.44. The molecule has 3 aromatic rings. The van der Waals surface area contributed by atoms with Gasteiger partial charge in [-0.2, -0.15) is 0 Å². The molecule has 0 unspecified atom stereocenters. The van der Waals surface area contributed by atoms with Crippen LogP contribution in [0.3, 0.4) is 0 Å². The van der Waals surface area contributed by atoms with Crippen LogP contribution in [0.25, 0.3) is 22.6 Å². The molecule has 1 aliphatic rings. The fourth-order valence-corrected chi connectivity index (χ4v) is 4.45. The van der Waals surface area contributed by atoms with Crippen LogP contribution in [0.4, 0.5) is 0 Å². The van der Waals surface area contributed by atoms with Gasteiger partial charge in [0, 0.05) is 43.2 Å². The molecule has 2 amide bonds.